The third kappa shape index (κ3) is 4.92. The van der Waals surface area contributed by atoms with Gasteiger partial charge in [0, 0.05) is 18.6 Å². The predicted octanol–water partition coefficient (Wildman–Crippen LogP) is 3.47. The van der Waals surface area contributed by atoms with Gasteiger partial charge in [-0.1, -0.05) is 43.7 Å². The highest BCUT2D eigenvalue weighted by molar-refractivity contribution is 5.14. The zero-order chi connectivity index (χ0) is 14.2. The van der Waals surface area contributed by atoms with E-state index in [-0.39, 0.29) is 0 Å². The molecule has 1 N–H and O–H groups in total. The molecule has 0 spiro atoms. The first kappa shape index (κ1) is 15.5. The molecule has 2 nitrogen and oxygen atoms in total. The summed E-state index contributed by atoms with van der Waals surface area (Å²) in [7, 11) is 0. The SMILES string of the molecule is CCN(CC1CCCCN1)C(C)CCc1ccccc1. The molecular weight excluding hydrogens is 244 g/mol. The Morgan fingerprint density at radius 1 is 1.25 bits per heavy atom. The number of hydrogen-bond donors (Lipinski definition) is 1. The molecule has 2 rings (SSSR count). The molecule has 0 radical (unpaired) electrons. The van der Waals surface area contributed by atoms with Crippen LogP contribution < -0.4 is 5.32 Å². The summed E-state index contributed by atoms with van der Waals surface area (Å²) in [6.45, 7) is 8.26. The molecule has 2 atom stereocenters. The molecule has 2 unspecified atom stereocenters. The topological polar surface area (TPSA) is 15.3 Å². The molecule has 1 saturated heterocycles. The van der Waals surface area contributed by atoms with Gasteiger partial charge in [-0.3, -0.25) is 4.90 Å². The second-order valence-electron chi connectivity index (χ2n) is 6.11. The van der Waals surface area contributed by atoms with Gasteiger partial charge in [-0.25, -0.2) is 0 Å². The first-order valence-electron chi connectivity index (χ1n) is 8.31. The van der Waals surface area contributed by atoms with Crippen LogP contribution in [-0.4, -0.2) is 36.6 Å². The maximum absolute atomic E-state index is 3.67. The Bertz CT molecular complexity index is 357. The van der Waals surface area contributed by atoms with Crippen molar-refractivity contribution in [3.63, 3.8) is 0 Å². The van der Waals surface area contributed by atoms with Crippen molar-refractivity contribution in [2.24, 2.45) is 0 Å². The fraction of sp³-hybridized carbons (Fsp3) is 0.667. The fourth-order valence-electron chi connectivity index (χ4n) is 3.19. The summed E-state index contributed by atoms with van der Waals surface area (Å²) in [6.07, 6.45) is 6.54. The maximum Gasteiger partial charge on any atom is 0.0195 e. The quantitative estimate of drug-likeness (QED) is 0.819. The summed E-state index contributed by atoms with van der Waals surface area (Å²) in [5.41, 5.74) is 1.46. The number of nitrogens with zero attached hydrogens (tertiary/aromatic N) is 1. The molecule has 112 valence electrons. The lowest BCUT2D eigenvalue weighted by atomic mass is 10.0. The van der Waals surface area contributed by atoms with E-state index >= 15 is 0 Å². The highest BCUT2D eigenvalue weighted by Gasteiger charge is 2.19. The number of nitrogens with one attached hydrogen (secondary N) is 1. The maximum atomic E-state index is 3.67. The van der Waals surface area contributed by atoms with E-state index in [1.807, 2.05) is 0 Å². The van der Waals surface area contributed by atoms with Crippen molar-refractivity contribution in [2.45, 2.75) is 58.0 Å². The summed E-state index contributed by atoms with van der Waals surface area (Å²) in [5, 5.41) is 3.67. The smallest absolute Gasteiger partial charge is 0.0195 e. The molecule has 1 heterocycles. The Morgan fingerprint density at radius 2 is 2.05 bits per heavy atom. The number of likely N-dealkylation sites (N-methyl/N-ethyl adjacent to an activating group) is 1. The molecular formula is C18H30N2. The van der Waals surface area contributed by atoms with Gasteiger partial charge in [0.1, 0.15) is 0 Å². The van der Waals surface area contributed by atoms with Crippen molar-refractivity contribution in [2.75, 3.05) is 19.6 Å². The van der Waals surface area contributed by atoms with Gasteiger partial charge in [0.15, 0.2) is 0 Å². The third-order valence-corrected chi connectivity index (χ3v) is 4.59. The van der Waals surface area contributed by atoms with E-state index in [9.17, 15) is 0 Å². The van der Waals surface area contributed by atoms with Gasteiger partial charge < -0.3 is 5.32 Å². The lowest BCUT2D eigenvalue weighted by molar-refractivity contribution is 0.176. The van der Waals surface area contributed by atoms with Gasteiger partial charge in [-0.15, -0.1) is 0 Å². The Hall–Kier alpha value is -0.860. The highest BCUT2D eigenvalue weighted by atomic mass is 15.2. The predicted molar refractivity (Wildman–Crippen MR) is 87.1 cm³/mol. The van der Waals surface area contributed by atoms with Crippen LogP contribution in [0.4, 0.5) is 0 Å². The van der Waals surface area contributed by atoms with Crippen molar-refractivity contribution >= 4 is 0 Å². The molecule has 0 bridgehead atoms. The summed E-state index contributed by atoms with van der Waals surface area (Å²) < 4.78 is 0. The summed E-state index contributed by atoms with van der Waals surface area (Å²) >= 11 is 0. The lowest BCUT2D eigenvalue weighted by Gasteiger charge is -2.33. The van der Waals surface area contributed by atoms with Crippen molar-refractivity contribution < 1.29 is 0 Å². The molecule has 1 aliphatic rings. The van der Waals surface area contributed by atoms with Gasteiger partial charge >= 0.3 is 0 Å². The Morgan fingerprint density at radius 3 is 2.70 bits per heavy atom. The number of hydrogen-bond acceptors (Lipinski definition) is 2. The van der Waals surface area contributed by atoms with E-state index in [0.29, 0.717) is 12.1 Å². The van der Waals surface area contributed by atoms with Gasteiger partial charge in [0.25, 0.3) is 0 Å². The summed E-state index contributed by atoms with van der Waals surface area (Å²) in [4.78, 5) is 2.64. The van der Waals surface area contributed by atoms with Crippen LogP contribution in [0, 0.1) is 0 Å². The molecule has 0 amide bonds. The van der Waals surface area contributed by atoms with Crippen molar-refractivity contribution in [3.8, 4) is 0 Å². The molecule has 0 aliphatic carbocycles. The number of rotatable bonds is 7. The molecule has 1 fully saturated rings. The fourth-order valence-corrected chi connectivity index (χ4v) is 3.19. The van der Waals surface area contributed by atoms with E-state index in [4.69, 9.17) is 0 Å². The third-order valence-electron chi connectivity index (χ3n) is 4.59. The Balaban J connectivity index is 1.77. The van der Waals surface area contributed by atoms with Crippen LogP contribution in [0.5, 0.6) is 0 Å². The average molecular weight is 274 g/mol. The number of benzene rings is 1. The molecule has 1 aromatic carbocycles. The minimum atomic E-state index is 0.670. The molecule has 2 heteroatoms. The van der Waals surface area contributed by atoms with E-state index in [2.05, 4.69) is 54.4 Å². The van der Waals surface area contributed by atoms with Gasteiger partial charge in [-0.2, -0.15) is 0 Å². The normalized spacial score (nSPS) is 21.1. The summed E-state index contributed by atoms with van der Waals surface area (Å²) in [6, 6.07) is 12.2. The first-order chi connectivity index (χ1) is 9.79. The van der Waals surface area contributed by atoms with E-state index in [0.717, 1.165) is 6.54 Å². The van der Waals surface area contributed by atoms with Crippen LogP contribution in [0.25, 0.3) is 0 Å². The van der Waals surface area contributed by atoms with Gasteiger partial charge in [-0.05, 0) is 51.3 Å². The molecule has 0 aromatic heterocycles. The first-order valence-corrected chi connectivity index (χ1v) is 8.31. The number of piperidine rings is 1. The zero-order valence-electron chi connectivity index (χ0n) is 13.1. The van der Waals surface area contributed by atoms with Crippen molar-refractivity contribution in [1.82, 2.24) is 10.2 Å². The van der Waals surface area contributed by atoms with E-state index in [1.165, 1.54) is 50.8 Å². The minimum Gasteiger partial charge on any atom is -0.313 e. The number of aryl methyl sites for hydroxylation is 1. The largest absolute Gasteiger partial charge is 0.313 e. The second-order valence-corrected chi connectivity index (χ2v) is 6.11. The van der Waals surface area contributed by atoms with Gasteiger partial charge in [0.05, 0.1) is 0 Å². The standard InChI is InChI=1S/C18H30N2/c1-3-20(15-18-11-7-8-14-19-18)16(2)12-13-17-9-5-4-6-10-17/h4-6,9-10,16,18-19H,3,7-8,11-15H2,1-2H3. The molecule has 20 heavy (non-hydrogen) atoms. The second kappa shape index (κ2) is 8.43. The van der Waals surface area contributed by atoms with Crippen molar-refractivity contribution in [1.29, 1.82) is 0 Å². The summed E-state index contributed by atoms with van der Waals surface area (Å²) in [5.74, 6) is 0. The highest BCUT2D eigenvalue weighted by Crippen LogP contribution is 2.13. The molecule has 1 aromatic rings. The Labute approximate surface area is 124 Å². The van der Waals surface area contributed by atoms with Crippen LogP contribution in [0.2, 0.25) is 0 Å². The van der Waals surface area contributed by atoms with E-state index in [1.54, 1.807) is 0 Å². The van der Waals surface area contributed by atoms with Gasteiger partial charge in [0.2, 0.25) is 0 Å². The minimum absolute atomic E-state index is 0.670. The monoisotopic (exact) mass is 274 g/mol. The van der Waals surface area contributed by atoms with E-state index < -0.39 is 0 Å². The molecule has 0 saturated carbocycles. The van der Waals surface area contributed by atoms with Crippen LogP contribution in [0.15, 0.2) is 30.3 Å². The van der Waals surface area contributed by atoms with Crippen LogP contribution in [0.3, 0.4) is 0 Å². The zero-order valence-corrected chi connectivity index (χ0v) is 13.1. The van der Waals surface area contributed by atoms with Crippen LogP contribution >= 0.6 is 0 Å². The average Bonchev–Trinajstić information content (AvgIpc) is 2.52. The van der Waals surface area contributed by atoms with Crippen molar-refractivity contribution in [3.05, 3.63) is 35.9 Å². The molecule has 1 aliphatic heterocycles. The van der Waals surface area contributed by atoms with Crippen LogP contribution in [0.1, 0.15) is 45.1 Å². The Kier molecular flexibility index (Phi) is 6.55. The van der Waals surface area contributed by atoms with Crippen LogP contribution in [-0.2, 0) is 6.42 Å². The lowest BCUT2D eigenvalue weighted by Crippen LogP contribution is -2.46.